The van der Waals surface area contributed by atoms with Crippen LogP contribution < -0.4 is 5.32 Å². The molecule has 1 rings (SSSR count). The van der Waals surface area contributed by atoms with Crippen LogP contribution in [0.1, 0.15) is 58.8 Å². The van der Waals surface area contributed by atoms with Gasteiger partial charge >= 0.3 is 0 Å². The normalized spacial score (nSPS) is 21.4. The summed E-state index contributed by atoms with van der Waals surface area (Å²) in [5.41, 5.74) is 0. The van der Waals surface area contributed by atoms with Gasteiger partial charge in [0.2, 0.25) is 5.91 Å². The van der Waals surface area contributed by atoms with E-state index in [4.69, 9.17) is 5.11 Å². The molecular weight excluding hydrogens is 202 g/mol. The molecule has 3 heteroatoms. The third-order valence-corrected chi connectivity index (χ3v) is 3.53. The fraction of sp³-hybridized carbons (Fsp3) is 0.923. The summed E-state index contributed by atoms with van der Waals surface area (Å²) in [6.07, 6.45) is 7.07. The van der Waals surface area contributed by atoms with Crippen LogP contribution in [0.3, 0.4) is 0 Å². The largest absolute Gasteiger partial charge is 0.393 e. The Labute approximate surface area is 98.6 Å². The van der Waals surface area contributed by atoms with Gasteiger partial charge in [0.1, 0.15) is 0 Å². The topological polar surface area (TPSA) is 49.3 Å². The van der Waals surface area contributed by atoms with Gasteiger partial charge in [-0.1, -0.05) is 19.3 Å². The molecule has 16 heavy (non-hydrogen) atoms. The Kier molecular flexibility index (Phi) is 5.81. The third kappa shape index (κ3) is 4.97. The SMILES string of the molecule is CC(O)CCC(=O)N[C@H](C)C1CCCCC1. The number of carbonyl (C=O) groups excluding carboxylic acids is 1. The summed E-state index contributed by atoms with van der Waals surface area (Å²) in [6.45, 7) is 3.83. The number of hydrogen-bond donors (Lipinski definition) is 2. The molecular formula is C13H25NO2. The van der Waals surface area contributed by atoms with Crippen LogP contribution in [-0.2, 0) is 4.79 Å². The third-order valence-electron chi connectivity index (χ3n) is 3.53. The predicted molar refractivity (Wildman–Crippen MR) is 65.1 cm³/mol. The van der Waals surface area contributed by atoms with Crippen molar-refractivity contribution in [2.24, 2.45) is 5.92 Å². The molecule has 0 aliphatic heterocycles. The van der Waals surface area contributed by atoms with Crippen LogP contribution in [0.4, 0.5) is 0 Å². The fourth-order valence-corrected chi connectivity index (χ4v) is 2.42. The quantitative estimate of drug-likeness (QED) is 0.756. The van der Waals surface area contributed by atoms with Gasteiger partial charge in [-0.15, -0.1) is 0 Å². The number of hydrogen-bond acceptors (Lipinski definition) is 2. The van der Waals surface area contributed by atoms with Crippen LogP contribution in [-0.4, -0.2) is 23.2 Å². The summed E-state index contributed by atoms with van der Waals surface area (Å²) in [4.78, 5) is 11.6. The van der Waals surface area contributed by atoms with Crippen molar-refractivity contribution in [3.8, 4) is 0 Å². The molecule has 0 aromatic heterocycles. The first-order valence-electron chi connectivity index (χ1n) is 6.57. The maximum atomic E-state index is 11.6. The lowest BCUT2D eigenvalue weighted by Crippen LogP contribution is -2.39. The standard InChI is InChI=1S/C13H25NO2/c1-10(15)8-9-13(16)14-11(2)12-6-4-3-5-7-12/h10-12,15H,3-9H2,1-2H3,(H,14,16)/t10?,11-/m1/s1. The first-order chi connectivity index (χ1) is 7.59. The summed E-state index contributed by atoms with van der Waals surface area (Å²) in [7, 11) is 0. The number of amides is 1. The molecule has 1 aliphatic carbocycles. The highest BCUT2D eigenvalue weighted by molar-refractivity contribution is 5.76. The van der Waals surface area contributed by atoms with Gasteiger partial charge in [0, 0.05) is 12.5 Å². The molecule has 1 fully saturated rings. The van der Waals surface area contributed by atoms with Crippen LogP contribution in [0.15, 0.2) is 0 Å². The van der Waals surface area contributed by atoms with Gasteiger partial charge < -0.3 is 10.4 Å². The average Bonchev–Trinajstić information content (AvgIpc) is 2.27. The Balaban J connectivity index is 2.21. The highest BCUT2D eigenvalue weighted by atomic mass is 16.3. The van der Waals surface area contributed by atoms with E-state index < -0.39 is 0 Å². The Morgan fingerprint density at radius 3 is 2.50 bits per heavy atom. The van der Waals surface area contributed by atoms with Crippen molar-refractivity contribution >= 4 is 5.91 Å². The lowest BCUT2D eigenvalue weighted by molar-refractivity contribution is -0.122. The molecule has 1 unspecified atom stereocenters. The van der Waals surface area contributed by atoms with Gasteiger partial charge in [0.15, 0.2) is 0 Å². The second-order valence-electron chi connectivity index (χ2n) is 5.14. The zero-order valence-electron chi connectivity index (χ0n) is 10.5. The van der Waals surface area contributed by atoms with E-state index in [0.717, 1.165) is 0 Å². The highest BCUT2D eigenvalue weighted by Gasteiger charge is 2.21. The smallest absolute Gasteiger partial charge is 0.220 e. The van der Waals surface area contributed by atoms with Crippen molar-refractivity contribution < 1.29 is 9.90 Å². The van der Waals surface area contributed by atoms with Gasteiger partial charge in [0.05, 0.1) is 6.10 Å². The highest BCUT2D eigenvalue weighted by Crippen LogP contribution is 2.26. The number of aliphatic hydroxyl groups is 1. The number of rotatable bonds is 5. The lowest BCUT2D eigenvalue weighted by atomic mass is 9.84. The van der Waals surface area contributed by atoms with Crippen molar-refractivity contribution in [3.05, 3.63) is 0 Å². The maximum Gasteiger partial charge on any atom is 0.220 e. The van der Waals surface area contributed by atoms with E-state index in [1.54, 1.807) is 6.92 Å². The molecule has 0 aromatic rings. The molecule has 2 N–H and O–H groups in total. The Morgan fingerprint density at radius 2 is 1.94 bits per heavy atom. The van der Waals surface area contributed by atoms with Gasteiger partial charge in [-0.3, -0.25) is 4.79 Å². The van der Waals surface area contributed by atoms with Crippen molar-refractivity contribution in [2.45, 2.75) is 70.9 Å². The Bertz CT molecular complexity index is 210. The van der Waals surface area contributed by atoms with Gasteiger partial charge in [-0.2, -0.15) is 0 Å². The van der Waals surface area contributed by atoms with Crippen LogP contribution in [0.5, 0.6) is 0 Å². The van der Waals surface area contributed by atoms with Crippen LogP contribution in [0.25, 0.3) is 0 Å². The minimum Gasteiger partial charge on any atom is -0.393 e. The van der Waals surface area contributed by atoms with E-state index in [-0.39, 0.29) is 12.0 Å². The van der Waals surface area contributed by atoms with Gasteiger partial charge in [-0.05, 0) is 39.0 Å². The van der Waals surface area contributed by atoms with Gasteiger partial charge in [0.25, 0.3) is 0 Å². The van der Waals surface area contributed by atoms with Crippen molar-refractivity contribution in [1.82, 2.24) is 5.32 Å². The molecule has 3 nitrogen and oxygen atoms in total. The Hall–Kier alpha value is -0.570. The molecule has 0 radical (unpaired) electrons. The van der Waals surface area contributed by atoms with E-state index in [9.17, 15) is 4.79 Å². The molecule has 94 valence electrons. The number of nitrogens with one attached hydrogen (secondary N) is 1. The second kappa shape index (κ2) is 6.89. The minimum absolute atomic E-state index is 0.0824. The van der Waals surface area contributed by atoms with E-state index in [0.29, 0.717) is 24.8 Å². The van der Waals surface area contributed by atoms with Crippen molar-refractivity contribution in [2.75, 3.05) is 0 Å². The first kappa shape index (κ1) is 13.5. The average molecular weight is 227 g/mol. The summed E-state index contributed by atoms with van der Waals surface area (Å²) in [6, 6.07) is 0.293. The van der Waals surface area contributed by atoms with E-state index >= 15 is 0 Å². The fourth-order valence-electron chi connectivity index (χ4n) is 2.42. The number of aliphatic hydroxyl groups excluding tert-OH is 1. The summed E-state index contributed by atoms with van der Waals surface area (Å²) < 4.78 is 0. The molecule has 0 bridgehead atoms. The molecule has 1 amide bonds. The van der Waals surface area contributed by atoms with Crippen LogP contribution in [0, 0.1) is 5.92 Å². The van der Waals surface area contributed by atoms with E-state index in [1.165, 1.54) is 32.1 Å². The zero-order valence-corrected chi connectivity index (χ0v) is 10.5. The van der Waals surface area contributed by atoms with E-state index in [1.807, 2.05) is 0 Å². The molecule has 2 atom stereocenters. The monoisotopic (exact) mass is 227 g/mol. The molecule has 0 heterocycles. The summed E-state index contributed by atoms with van der Waals surface area (Å²) in [5, 5.41) is 12.2. The van der Waals surface area contributed by atoms with Crippen molar-refractivity contribution in [1.29, 1.82) is 0 Å². The van der Waals surface area contributed by atoms with Crippen LogP contribution in [0.2, 0.25) is 0 Å². The summed E-state index contributed by atoms with van der Waals surface area (Å²) in [5.74, 6) is 0.739. The molecule has 0 spiro atoms. The maximum absolute atomic E-state index is 11.6. The molecule has 0 aromatic carbocycles. The summed E-state index contributed by atoms with van der Waals surface area (Å²) >= 11 is 0. The molecule has 1 saturated carbocycles. The Morgan fingerprint density at radius 1 is 1.31 bits per heavy atom. The van der Waals surface area contributed by atoms with E-state index in [2.05, 4.69) is 12.2 Å². The predicted octanol–water partition coefficient (Wildman–Crippen LogP) is 2.23. The zero-order chi connectivity index (χ0) is 12.0. The van der Waals surface area contributed by atoms with Gasteiger partial charge in [-0.25, -0.2) is 0 Å². The lowest BCUT2D eigenvalue weighted by Gasteiger charge is -2.28. The number of carbonyl (C=O) groups is 1. The van der Waals surface area contributed by atoms with Crippen molar-refractivity contribution in [3.63, 3.8) is 0 Å². The molecule has 0 saturated heterocycles. The first-order valence-corrected chi connectivity index (χ1v) is 6.57. The molecule has 1 aliphatic rings. The minimum atomic E-state index is -0.379. The second-order valence-corrected chi connectivity index (χ2v) is 5.14. The van der Waals surface area contributed by atoms with Crippen LogP contribution >= 0.6 is 0 Å².